The Morgan fingerprint density at radius 2 is 1.90 bits per heavy atom. The predicted molar refractivity (Wildman–Crippen MR) is 78.6 cm³/mol. The van der Waals surface area contributed by atoms with Crippen molar-refractivity contribution in [2.45, 2.75) is 0 Å². The second-order valence-corrected chi connectivity index (χ2v) is 4.32. The minimum absolute atomic E-state index is 0.0689. The molecule has 0 spiro atoms. The van der Waals surface area contributed by atoms with E-state index in [0.29, 0.717) is 17.2 Å². The lowest BCUT2D eigenvalue weighted by Crippen LogP contribution is -2.14. The van der Waals surface area contributed by atoms with Crippen molar-refractivity contribution >= 4 is 16.7 Å². The van der Waals surface area contributed by atoms with Crippen LogP contribution in [-0.4, -0.2) is 21.0 Å². The second-order valence-electron chi connectivity index (χ2n) is 4.32. The van der Waals surface area contributed by atoms with Crippen LogP contribution in [0.4, 0.5) is 0 Å². The van der Waals surface area contributed by atoms with Crippen LogP contribution in [0.3, 0.4) is 0 Å². The third-order valence-corrected chi connectivity index (χ3v) is 2.91. The Morgan fingerprint density at radius 1 is 1.05 bits per heavy atom. The van der Waals surface area contributed by atoms with Crippen LogP contribution >= 0.6 is 0 Å². The minimum Gasteiger partial charge on any atom is -0.457 e. The molecule has 0 aliphatic heterocycles. The Labute approximate surface area is 120 Å². The maximum atomic E-state index is 8.66. The molecule has 104 valence electrons. The van der Waals surface area contributed by atoms with Crippen LogP contribution in [0.2, 0.25) is 0 Å². The summed E-state index contributed by atoms with van der Waals surface area (Å²) in [6, 6.07) is 12.8. The van der Waals surface area contributed by atoms with Crippen LogP contribution in [0.5, 0.6) is 11.5 Å². The highest BCUT2D eigenvalue weighted by Crippen LogP contribution is 2.24. The number of rotatable bonds is 3. The third-order valence-electron chi connectivity index (χ3n) is 2.91. The van der Waals surface area contributed by atoms with Gasteiger partial charge >= 0.3 is 0 Å². The van der Waals surface area contributed by atoms with Crippen molar-refractivity contribution in [2.24, 2.45) is 10.9 Å². The molecule has 0 bridgehead atoms. The number of amidine groups is 1. The average molecular weight is 280 g/mol. The van der Waals surface area contributed by atoms with E-state index < -0.39 is 0 Å². The van der Waals surface area contributed by atoms with E-state index in [2.05, 4.69) is 15.1 Å². The highest BCUT2D eigenvalue weighted by Gasteiger charge is 2.05. The molecule has 3 rings (SSSR count). The van der Waals surface area contributed by atoms with Crippen molar-refractivity contribution in [1.29, 1.82) is 0 Å². The molecule has 1 aromatic carbocycles. The quantitative estimate of drug-likeness (QED) is 0.333. The van der Waals surface area contributed by atoms with Crippen LogP contribution in [0.15, 0.2) is 60.0 Å². The molecule has 0 atom stereocenters. The van der Waals surface area contributed by atoms with Crippen LogP contribution in [0.1, 0.15) is 5.69 Å². The molecule has 3 N–H and O–H groups in total. The average Bonchev–Trinajstić information content (AvgIpc) is 2.54. The Morgan fingerprint density at radius 3 is 2.76 bits per heavy atom. The number of ether oxygens (including phenoxy) is 1. The fraction of sp³-hybridized carbons (Fsp3) is 0. The number of pyridine rings is 2. The summed E-state index contributed by atoms with van der Waals surface area (Å²) < 4.78 is 5.75. The van der Waals surface area contributed by atoms with E-state index in [1.54, 1.807) is 18.3 Å². The Bertz CT molecular complexity index is 817. The van der Waals surface area contributed by atoms with Crippen molar-refractivity contribution in [1.82, 2.24) is 9.97 Å². The largest absolute Gasteiger partial charge is 0.457 e. The van der Waals surface area contributed by atoms with E-state index in [0.717, 1.165) is 10.9 Å². The van der Waals surface area contributed by atoms with Gasteiger partial charge in [-0.05, 0) is 24.3 Å². The molecule has 0 aliphatic rings. The molecule has 0 saturated heterocycles. The zero-order valence-electron chi connectivity index (χ0n) is 11.0. The van der Waals surface area contributed by atoms with Crippen LogP contribution in [0, 0.1) is 0 Å². The summed E-state index contributed by atoms with van der Waals surface area (Å²) in [7, 11) is 0. The van der Waals surface area contributed by atoms with Gasteiger partial charge in [0.2, 0.25) is 0 Å². The SMILES string of the molecule is N/C(=N/O)c1cc(Oc2ccc3cccnc3c2)ccn1. The van der Waals surface area contributed by atoms with E-state index in [4.69, 9.17) is 15.7 Å². The first-order chi connectivity index (χ1) is 10.3. The molecule has 2 aromatic heterocycles. The van der Waals surface area contributed by atoms with Crippen LogP contribution < -0.4 is 10.5 Å². The molecular formula is C15H12N4O2. The molecule has 6 nitrogen and oxygen atoms in total. The predicted octanol–water partition coefficient (Wildman–Crippen LogP) is 2.52. The number of hydrogen-bond acceptors (Lipinski definition) is 5. The number of fused-ring (bicyclic) bond motifs is 1. The smallest absolute Gasteiger partial charge is 0.188 e. The lowest BCUT2D eigenvalue weighted by atomic mass is 10.2. The third kappa shape index (κ3) is 2.74. The summed E-state index contributed by atoms with van der Waals surface area (Å²) in [6.07, 6.45) is 3.26. The molecule has 0 radical (unpaired) electrons. The van der Waals surface area contributed by atoms with Gasteiger partial charge in [0, 0.05) is 29.9 Å². The number of benzene rings is 1. The standard InChI is InChI=1S/C15H12N4O2/c16-15(19-20)14-9-12(5-7-18-14)21-11-4-3-10-2-1-6-17-13(10)8-11/h1-9,20H,(H2,16,19). The summed E-state index contributed by atoms with van der Waals surface area (Å²) in [5, 5.41) is 12.6. The highest BCUT2D eigenvalue weighted by molar-refractivity contribution is 5.95. The Balaban J connectivity index is 1.91. The maximum Gasteiger partial charge on any atom is 0.188 e. The van der Waals surface area contributed by atoms with E-state index >= 15 is 0 Å². The van der Waals surface area contributed by atoms with Gasteiger partial charge in [-0.15, -0.1) is 0 Å². The van der Waals surface area contributed by atoms with E-state index in [1.165, 1.54) is 6.20 Å². The van der Waals surface area contributed by atoms with E-state index in [9.17, 15) is 0 Å². The zero-order valence-corrected chi connectivity index (χ0v) is 11.0. The van der Waals surface area contributed by atoms with Crippen molar-refractivity contribution in [3.63, 3.8) is 0 Å². The highest BCUT2D eigenvalue weighted by atomic mass is 16.5. The van der Waals surface area contributed by atoms with Crippen LogP contribution in [0.25, 0.3) is 10.9 Å². The first-order valence-corrected chi connectivity index (χ1v) is 6.23. The van der Waals surface area contributed by atoms with Gasteiger partial charge in [0.25, 0.3) is 0 Å². The molecule has 0 saturated carbocycles. The first-order valence-electron chi connectivity index (χ1n) is 6.23. The van der Waals surface area contributed by atoms with Gasteiger partial charge in [-0.25, -0.2) is 0 Å². The zero-order chi connectivity index (χ0) is 14.7. The normalized spacial score (nSPS) is 11.5. The lowest BCUT2D eigenvalue weighted by Gasteiger charge is -2.07. The van der Waals surface area contributed by atoms with Gasteiger partial charge in [0.15, 0.2) is 5.84 Å². The molecule has 0 amide bonds. The second kappa shape index (κ2) is 5.46. The summed E-state index contributed by atoms with van der Waals surface area (Å²) in [5.74, 6) is 1.13. The fourth-order valence-corrected chi connectivity index (χ4v) is 1.91. The number of oxime groups is 1. The molecule has 21 heavy (non-hydrogen) atoms. The summed E-state index contributed by atoms with van der Waals surface area (Å²) in [5.41, 5.74) is 6.69. The summed E-state index contributed by atoms with van der Waals surface area (Å²) in [6.45, 7) is 0. The molecule has 0 fully saturated rings. The number of nitrogens with two attached hydrogens (primary N) is 1. The van der Waals surface area contributed by atoms with Gasteiger partial charge in [-0.3, -0.25) is 9.97 Å². The number of aromatic nitrogens is 2. The van der Waals surface area contributed by atoms with Gasteiger partial charge in [-0.2, -0.15) is 0 Å². The first kappa shape index (κ1) is 12.9. The lowest BCUT2D eigenvalue weighted by molar-refractivity contribution is 0.318. The molecule has 2 heterocycles. The van der Waals surface area contributed by atoms with Crippen molar-refractivity contribution < 1.29 is 9.94 Å². The van der Waals surface area contributed by atoms with Crippen LogP contribution in [-0.2, 0) is 0 Å². The molecule has 6 heteroatoms. The topological polar surface area (TPSA) is 93.6 Å². The minimum atomic E-state index is -0.0689. The van der Waals surface area contributed by atoms with Crippen molar-refractivity contribution in [2.75, 3.05) is 0 Å². The fourth-order valence-electron chi connectivity index (χ4n) is 1.91. The summed E-state index contributed by atoms with van der Waals surface area (Å²) >= 11 is 0. The molecule has 0 unspecified atom stereocenters. The van der Waals surface area contributed by atoms with Gasteiger partial charge in [0.05, 0.1) is 5.52 Å². The maximum absolute atomic E-state index is 8.66. The number of hydrogen-bond donors (Lipinski definition) is 2. The summed E-state index contributed by atoms with van der Waals surface area (Å²) in [4.78, 5) is 8.27. The molecular weight excluding hydrogens is 268 g/mol. The van der Waals surface area contributed by atoms with Gasteiger partial charge in [0.1, 0.15) is 17.2 Å². The van der Waals surface area contributed by atoms with E-state index in [-0.39, 0.29) is 5.84 Å². The van der Waals surface area contributed by atoms with Crippen molar-refractivity contribution in [3.8, 4) is 11.5 Å². The Kier molecular flexibility index (Phi) is 3.34. The molecule has 3 aromatic rings. The van der Waals surface area contributed by atoms with Gasteiger partial charge < -0.3 is 15.7 Å². The number of nitrogens with zero attached hydrogens (tertiary/aromatic N) is 3. The van der Waals surface area contributed by atoms with Gasteiger partial charge in [-0.1, -0.05) is 11.2 Å². The van der Waals surface area contributed by atoms with Crippen molar-refractivity contribution in [3.05, 3.63) is 60.6 Å². The molecule has 0 aliphatic carbocycles. The Hall–Kier alpha value is -3.15. The van der Waals surface area contributed by atoms with E-state index in [1.807, 2.05) is 30.3 Å². The monoisotopic (exact) mass is 280 g/mol.